The lowest BCUT2D eigenvalue weighted by Crippen LogP contribution is -2.44. The fraction of sp³-hybridized carbons (Fsp3) is 0.300. The molecule has 26 heavy (non-hydrogen) atoms. The van der Waals surface area contributed by atoms with Crippen LogP contribution >= 0.6 is 0 Å². The van der Waals surface area contributed by atoms with Gasteiger partial charge in [0.05, 0.1) is 22.1 Å². The third-order valence-electron chi connectivity index (χ3n) is 5.21. The molecule has 2 aromatic carbocycles. The van der Waals surface area contributed by atoms with E-state index in [1.165, 1.54) is 5.69 Å². The van der Waals surface area contributed by atoms with Crippen molar-refractivity contribution in [2.45, 2.75) is 6.92 Å². The standard InChI is InChI=1S/C20H22N6/c1-13-21-16-5-3-14(11-18(16)22-13)20-23-17-6-4-15(12-19(17)24-20)26-9-7-25(2)8-10-26/h3-6,11-12H,7-10H2,1-2H3,(H,21,22)(H,23,24). The number of aromatic nitrogens is 4. The van der Waals surface area contributed by atoms with E-state index in [1.807, 2.05) is 6.92 Å². The van der Waals surface area contributed by atoms with E-state index >= 15 is 0 Å². The number of aromatic amines is 2. The molecule has 1 saturated heterocycles. The van der Waals surface area contributed by atoms with Crippen LogP contribution in [0.5, 0.6) is 0 Å². The number of H-pyrrole nitrogens is 2. The molecule has 0 aliphatic carbocycles. The second kappa shape index (κ2) is 5.85. The van der Waals surface area contributed by atoms with Gasteiger partial charge in [-0.3, -0.25) is 0 Å². The third kappa shape index (κ3) is 2.63. The zero-order chi connectivity index (χ0) is 17.7. The minimum atomic E-state index is 0.887. The molecule has 0 bridgehead atoms. The first kappa shape index (κ1) is 15.4. The predicted octanol–water partition coefficient (Wildman–Crippen LogP) is 3.17. The molecule has 1 fully saturated rings. The number of rotatable bonds is 2. The molecule has 1 aliphatic heterocycles. The van der Waals surface area contributed by atoms with Crippen molar-refractivity contribution in [3.8, 4) is 11.4 Å². The van der Waals surface area contributed by atoms with Crippen molar-refractivity contribution in [3.63, 3.8) is 0 Å². The molecule has 132 valence electrons. The van der Waals surface area contributed by atoms with Crippen molar-refractivity contribution in [2.24, 2.45) is 0 Å². The first-order chi connectivity index (χ1) is 12.7. The number of likely N-dealkylation sites (N-methyl/N-ethyl adjacent to an activating group) is 1. The Morgan fingerprint density at radius 3 is 2.54 bits per heavy atom. The van der Waals surface area contributed by atoms with Crippen molar-refractivity contribution in [3.05, 3.63) is 42.2 Å². The highest BCUT2D eigenvalue weighted by atomic mass is 15.2. The fourth-order valence-electron chi connectivity index (χ4n) is 3.68. The highest BCUT2D eigenvalue weighted by molar-refractivity contribution is 5.85. The summed E-state index contributed by atoms with van der Waals surface area (Å²) in [6, 6.07) is 12.7. The molecular formula is C20H22N6. The summed E-state index contributed by atoms with van der Waals surface area (Å²) in [6.45, 7) is 6.32. The van der Waals surface area contributed by atoms with Gasteiger partial charge in [0.25, 0.3) is 0 Å². The third-order valence-corrected chi connectivity index (χ3v) is 5.21. The quantitative estimate of drug-likeness (QED) is 0.585. The number of aryl methyl sites for hydroxylation is 1. The van der Waals surface area contributed by atoms with Gasteiger partial charge in [-0.25, -0.2) is 9.97 Å². The average molecular weight is 346 g/mol. The van der Waals surface area contributed by atoms with Gasteiger partial charge in [-0.2, -0.15) is 0 Å². The van der Waals surface area contributed by atoms with Crippen molar-refractivity contribution in [1.82, 2.24) is 24.8 Å². The van der Waals surface area contributed by atoms with Gasteiger partial charge in [0.2, 0.25) is 0 Å². The van der Waals surface area contributed by atoms with Crippen LogP contribution in [0.4, 0.5) is 5.69 Å². The fourth-order valence-corrected chi connectivity index (χ4v) is 3.68. The van der Waals surface area contributed by atoms with Crippen molar-refractivity contribution < 1.29 is 0 Å². The van der Waals surface area contributed by atoms with Crippen LogP contribution in [0.1, 0.15) is 5.82 Å². The molecule has 4 aromatic rings. The van der Waals surface area contributed by atoms with Gasteiger partial charge in [0.15, 0.2) is 0 Å². The topological polar surface area (TPSA) is 63.8 Å². The molecular weight excluding hydrogens is 324 g/mol. The molecule has 0 unspecified atom stereocenters. The Bertz CT molecular complexity index is 1080. The summed E-state index contributed by atoms with van der Waals surface area (Å²) < 4.78 is 0. The number of piperazine rings is 1. The number of hydrogen-bond donors (Lipinski definition) is 2. The van der Waals surface area contributed by atoms with Gasteiger partial charge in [-0.05, 0) is 50.4 Å². The van der Waals surface area contributed by atoms with Gasteiger partial charge < -0.3 is 19.8 Å². The Morgan fingerprint density at radius 1 is 0.846 bits per heavy atom. The van der Waals surface area contributed by atoms with Crippen LogP contribution in [0.15, 0.2) is 36.4 Å². The highest BCUT2D eigenvalue weighted by Gasteiger charge is 2.15. The summed E-state index contributed by atoms with van der Waals surface area (Å²) in [5, 5.41) is 0. The van der Waals surface area contributed by atoms with Crippen LogP contribution in [-0.4, -0.2) is 58.1 Å². The summed E-state index contributed by atoms with van der Waals surface area (Å²) in [5.74, 6) is 1.82. The average Bonchev–Trinajstić information content (AvgIpc) is 3.23. The number of benzene rings is 2. The Kier molecular flexibility index (Phi) is 3.46. The lowest BCUT2D eigenvalue weighted by Gasteiger charge is -2.34. The summed E-state index contributed by atoms with van der Waals surface area (Å²) in [7, 11) is 2.18. The van der Waals surface area contributed by atoms with Crippen molar-refractivity contribution in [2.75, 3.05) is 38.1 Å². The summed E-state index contributed by atoms with van der Waals surface area (Å²) >= 11 is 0. The molecule has 2 aromatic heterocycles. The Labute approximate surface area is 151 Å². The molecule has 6 heteroatoms. The van der Waals surface area contributed by atoms with E-state index in [0.29, 0.717) is 0 Å². The normalized spacial score (nSPS) is 16.0. The smallest absolute Gasteiger partial charge is 0.138 e. The van der Waals surface area contributed by atoms with Gasteiger partial charge in [-0.15, -0.1) is 0 Å². The van der Waals surface area contributed by atoms with Crippen molar-refractivity contribution >= 4 is 27.8 Å². The molecule has 0 amide bonds. The van der Waals surface area contributed by atoms with E-state index in [4.69, 9.17) is 4.98 Å². The maximum atomic E-state index is 4.77. The molecule has 1 aliphatic rings. The molecule has 3 heterocycles. The molecule has 0 spiro atoms. The minimum absolute atomic E-state index is 0.887. The van der Waals surface area contributed by atoms with Crippen LogP contribution in [0.3, 0.4) is 0 Å². The number of anilines is 1. The number of hydrogen-bond acceptors (Lipinski definition) is 4. The summed E-state index contributed by atoms with van der Waals surface area (Å²) in [4.78, 5) is 20.9. The largest absolute Gasteiger partial charge is 0.369 e. The lowest BCUT2D eigenvalue weighted by molar-refractivity contribution is 0.313. The molecule has 6 nitrogen and oxygen atoms in total. The minimum Gasteiger partial charge on any atom is -0.369 e. The molecule has 5 rings (SSSR count). The monoisotopic (exact) mass is 346 g/mol. The van der Waals surface area contributed by atoms with Gasteiger partial charge in [0.1, 0.15) is 11.6 Å². The number of fused-ring (bicyclic) bond motifs is 2. The van der Waals surface area contributed by atoms with E-state index in [-0.39, 0.29) is 0 Å². The van der Waals surface area contributed by atoms with E-state index < -0.39 is 0 Å². The van der Waals surface area contributed by atoms with Crippen LogP contribution in [0.2, 0.25) is 0 Å². The van der Waals surface area contributed by atoms with Crippen LogP contribution < -0.4 is 4.90 Å². The zero-order valence-electron chi connectivity index (χ0n) is 15.1. The molecule has 2 N–H and O–H groups in total. The van der Waals surface area contributed by atoms with Crippen LogP contribution in [0, 0.1) is 6.92 Å². The lowest BCUT2D eigenvalue weighted by atomic mass is 10.2. The van der Waals surface area contributed by atoms with E-state index in [0.717, 1.165) is 65.5 Å². The number of imidazole rings is 2. The van der Waals surface area contributed by atoms with Crippen molar-refractivity contribution in [1.29, 1.82) is 0 Å². The maximum Gasteiger partial charge on any atom is 0.138 e. The van der Waals surface area contributed by atoms with Crippen LogP contribution in [0.25, 0.3) is 33.5 Å². The number of nitrogens with one attached hydrogen (secondary N) is 2. The van der Waals surface area contributed by atoms with Gasteiger partial charge >= 0.3 is 0 Å². The zero-order valence-corrected chi connectivity index (χ0v) is 15.1. The SMILES string of the molecule is Cc1nc2cc(-c3nc4ccc(N5CCN(C)CC5)cc4[nH]3)ccc2[nH]1. The first-order valence-electron chi connectivity index (χ1n) is 9.06. The van der Waals surface area contributed by atoms with E-state index in [9.17, 15) is 0 Å². The maximum absolute atomic E-state index is 4.77. The summed E-state index contributed by atoms with van der Waals surface area (Å²) in [5.41, 5.74) is 6.42. The predicted molar refractivity (Wildman–Crippen MR) is 106 cm³/mol. The Morgan fingerprint density at radius 2 is 1.69 bits per heavy atom. The highest BCUT2D eigenvalue weighted by Crippen LogP contribution is 2.26. The second-order valence-corrected chi connectivity index (χ2v) is 7.13. The molecule has 0 radical (unpaired) electrons. The first-order valence-corrected chi connectivity index (χ1v) is 9.06. The van der Waals surface area contributed by atoms with Crippen LogP contribution in [-0.2, 0) is 0 Å². The molecule has 0 atom stereocenters. The van der Waals surface area contributed by atoms with Gasteiger partial charge in [0, 0.05) is 37.4 Å². The van der Waals surface area contributed by atoms with Gasteiger partial charge in [-0.1, -0.05) is 0 Å². The summed E-state index contributed by atoms with van der Waals surface area (Å²) in [6.07, 6.45) is 0. The Hall–Kier alpha value is -2.86. The van der Waals surface area contributed by atoms with E-state index in [2.05, 4.69) is 68.2 Å². The number of nitrogens with zero attached hydrogens (tertiary/aromatic N) is 4. The second-order valence-electron chi connectivity index (χ2n) is 7.13. The molecule has 0 saturated carbocycles. The Balaban J connectivity index is 1.50. The van der Waals surface area contributed by atoms with E-state index in [1.54, 1.807) is 0 Å².